The molecule has 0 aromatic heterocycles. The van der Waals surface area contributed by atoms with Crippen LogP contribution in [0, 0.1) is 22.7 Å². The number of halogens is 2. The summed E-state index contributed by atoms with van der Waals surface area (Å²) >= 11 is 11.7. The van der Waals surface area contributed by atoms with Crippen LogP contribution in [0.15, 0.2) is 42.0 Å². The Balaban J connectivity index is 2.96. The van der Waals surface area contributed by atoms with E-state index in [0.717, 1.165) is 5.56 Å². The zero-order chi connectivity index (χ0) is 12.0. The first-order valence-electron chi connectivity index (χ1n) is 4.31. The van der Waals surface area contributed by atoms with E-state index in [4.69, 9.17) is 33.7 Å². The molecule has 4 heteroatoms. The number of benzene rings is 1. The second kappa shape index (κ2) is 5.98. The maximum Gasteiger partial charge on any atom is 0.129 e. The van der Waals surface area contributed by atoms with Crippen molar-refractivity contribution < 1.29 is 0 Å². The van der Waals surface area contributed by atoms with E-state index in [1.54, 1.807) is 36.4 Å². The Bertz CT molecular complexity index is 497. The molecule has 0 aliphatic rings. The lowest BCUT2D eigenvalue weighted by atomic mass is 10.2. The Morgan fingerprint density at radius 1 is 1.06 bits per heavy atom. The molecule has 0 amide bonds. The van der Waals surface area contributed by atoms with Crippen molar-refractivity contribution in [2.75, 3.05) is 0 Å². The van der Waals surface area contributed by atoms with E-state index >= 15 is 0 Å². The summed E-state index contributed by atoms with van der Waals surface area (Å²) in [5, 5.41) is 18.1. The van der Waals surface area contributed by atoms with Crippen molar-refractivity contribution in [2.24, 2.45) is 0 Å². The van der Waals surface area contributed by atoms with Crippen LogP contribution in [0.5, 0.6) is 0 Å². The van der Waals surface area contributed by atoms with Gasteiger partial charge in [0, 0.05) is 10.1 Å². The van der Waals surface area contributed by atoms with Gasteiger partial charge in [-0.2, -0.15) is 10.5 Å². The quantitative estimate of drug-likeness (QED) is 0.589. The maximum absolute atomic E-state index is 8.52. The molecule has 0 aliphatic heterocycles. The van der Waals surface area contributed by atoms with Crippen LogP contribution in [-0.4, -0.2) is 0 Å². The van der Waals surface area contributed by atoms with Gasteiger partial charge in [-0.3, -0.25) is 0 Å². The Kier molecular flexibility index (Phi) is 4.61. The molecule has 0 bridgehead atoms. The van der Waals surface area contributed by atoms with E-state index in [1.165, 1.54) is 12.2 Å². The molecule has 0 heterocycles. The molecule has 1 rings (SSSR count). The number of hydrogen-bond donors (Lipinski definition) is 0. The van der Waals surface area contributed by atoms with Crippen molar-refractivity contribution in [1.29, 1.82) is 10.5 Å². The van der Waals surface area contributed by atoms with Gasteiger partial charge in [-0.25, -0.2) is 0 Å². The van der Waals surface area contributed by atoms with Gasteiger partial charge >= 0.3 is 0 Å². The second-order valence-corrected chi connectivity index (χ2v) is 3.67. The van der Waals surface area contributed by atoms with Crippen LogP contribution in [-0.2, 0) is 0 Å². The molecule has 0 radical (unpaired) electrons. The summed E-state index contributed by atoms with van der Waals surface area (Å²) in [6.45, 7) is 0. The molecule has 0 N–H and O–H groups in total. The Labute approximate surface area is 104 Å². The monoisotopic (exact) mass is 248 g/mol. The fourth-order valence-corrected chi connectivity index (χ4v) is 1.28. The first-order chi connectivity index (χ1) is 7.67. The first-order valence-corrected chi connectivity index (χ1v) is 5.06. The van der Waals surface area contributed by atoms with Crippen LogP contribution in [0.1, 0.15) is 5.56 Å². The van der Waals surface area contributed by atoms with Gasteiger partial charge in [0.1, 0.15) is 17.7 Å². The van der Waals surface area contributed by atoms with E-state index in [2.05, 4.69) is 0 Å². The summed E-state index contributed by atoms with van der Waals surface area (Å²) in [5.74, 6) is 0. The van der Waals surface area contributed by atoms with Crippen LogP contribution in [0.4, 0.5) is 0 Å². The molecule has 1 aromatic carbocycles. The highest BCUT2D eigenvalue weighted by atomic mass is 35.5. The van der Waals surface area contributed by atoms with Gasteiger partial charge in [0.15, 0.2) is 0 Å². The minimum atomic E-state index is 0.00659. The number of rotatable bonds is 2. The Hall–Kier alpha value is -1.74. The molecule has 0 saturated carbocycles. The predicted octanol–water partition coefficient (Wildman–Crippen LogP) is 3.89. The molecule has 0 saturated heterocycles. The van der Waals surface area contributed by atoms with E-state index in [9.17, 15) is 0 Å². The summed E-state index contributed by atoms with van der Waals surface area (Å²) in [4.78, 5) is 0. The van der Waals surface area contributed by atoms with Crippen molar-refractivity contribution in [2.45, 2.75) is 0 Å². The van der Waals surface area contributed by atoms with Gasteiger partial charge in [0.2, 0.25) is 0 Å². The average Bonchev–Trinajstić information content (AvgIpc) is 2.31. The van der Waals surface area contributed by atoms with Crippen molar-refractivity contribution >= 4 is 28.2 Å². The summed E-state index contributed by atoms with van der Waals surface area (Å²) in [6.07, 6.45) is 2.88. The molecular formula is C12H6Cl2N2. The van der Waals surface area contributed by atoms with Gasteiger partial charge in [-0.1, -0.05) is 35.3 Å². The van der Waals surface area contributed by atoms with Gasteiger partial charge in [0.25, 0.3) is 0 Å². The van der Waals surface area contributed by atoms with Gasteiger partial charge in [0.05, 0.1) is 0 Å². The number of nitriles is 2. The number of hydrogen-bond acceptors (Lipinski definition) is 2. The number of nitrogens with zero attached hydrogens (tertiary/aromatic N) is 2. The van der Waals surface area contributed by atoms with E-state index in [0.29, 0.717) is 10.1 Å². The average molecular weight is 249 g/mol. The molecule has 0 unspecified atom stereocenters. The maximum atomic E-state index is 8.52. The fraction of sp³-hybridized carbons (Fsp3) is 0. The highest BCUT2D eigenvalue weighted by Crippen LogP contribution is 2.21. The van der Waals surface area contributed by atoms with Crippen molar-refractivity contribution in [1.82, 2.24) is 0 Å². The third-order valence-electron chi connectivity index (χ3n) is 1.76. The van der Waals surface area contributed by atoms with Crippen molar-refractivity contribution in [3.05, 3.63) is 52.6 Å². The molecule has 0 atom stereocenters. The molecule has 78 valence electrons. The lowest BCUT2D eigenvalue weighted by molar-refractivity contribution is 1.46. The van der Waals surface area contributed by atoms with E-state index in [1.807, 2.05) is 0 Å². The molecule has 0 fully saturated rings. The van der Waals surface area contributed by atoms with Gasteiger partial charge < -0.3 is 0 Å². The number of allylic oxidation sites excluding steroid dienone is 3. The van der Waals surface area contributed by atoms with Crippen LogP contribution >= 0.6 is 23.2 Å². The lowest BCUT2D eigenvalue weighted by Crippen LogP contribution is -1.76. The highest BCUT2D eigenvalue weighted by Gasteiger charge is 1.97. The van der Waals surface area contributed by atoms with E-state index < -0.39 is 0 Å². The second-order valence-electron chi connectivity index (χ2n) is 2.83. The largest absolute Gasteiger partial charge is 0.192 e. The standard InChI is InChI=1S/C12H6Cl2N2/c13-11-4-2-10(3-5-11)12(14)6-1-9(7-15)8-16/h1-6H/b12-6-. The molecule has 16 heavy (non-hydrogen) atoms. The zero-order valence-corrected chi connectivity index (χ0v) is 9.63. The SMILES string of the molecule is N#CC(C#N)=C/C=C(\Cl)c1ccc(Cl)cc1. The summed E-state index contributed by atoms with van der Waals surface area (Å²) in [6, 6.07) is 10.4. The smallest absolute Gasteiger partial charge is 0.129 e. The van der Waals surface area contributed by atoms with Crippen LogP contribution < -0.4 is 0 Å². The predicted molar refractivity (Wildman–Crippen MR) is 64.6 cm³/mol. The molecule has 0 aliphatic carbocycles. The molecule has 0 spiro atoms. The van der Waals surface area contributed by atoms with E-state index in [-0.39, 0.29) is 5.57 Å². The fourth-order valence-electron chi connectivity index (χ4n) is 0.961. The summed E-state index contributed by atoms with van der Waals surface area (Å²) in [7, 11) is 0. The van der Waals surface area contributed by atoms with Crippen LogP contribution in [0.3, 0.4) is 0 Å². The minimum Gasteiger partial charge on any atom is -0.192 e. The van der Waals surface area contributed by atoms with Crippen molar-refractivity contribution in [3.63, 3.8) is 0 Å². The van der Waals surface area contributed by atoms with Gasteiger partial charge in [-0.15, -0.1) is 0 Å². The third-order valence-corrected chi connectivity index (χ3v) is 2.35. The molecule has 2 nitrogen and oxygen atoms in total. The van der Waals surface area contributed by atoms with Crippen LogP contribution in [0.25, 0.3) is 5.03 Å². The summed E-state index contributed by atoms with van der Waals surface area (Å²) < 4.78 is 0. The topological polar surface area (TPSA) is 47.6 Å². The molecule has 1 aromatic rings. The van der Waals surface area contributed by atoms with Gasteiger partial charge in [-0.05, 0) is 29.8 Å². The minimum absolute atomic E-state index is 0.00659. The van der Waals surface area contributed by atoms with Crippen molar-refractivity contribution in [3.8, 4) is 12.1 Å². The Morgan fingerprint density at radius 3 is 2.12 bits per heavy atom. The summed E-state index contributed by atoms with van der Waals surface area (Å²) in [5.41, 5.74) is 0.782. The highest BCUT2D eigenvalue weighted by molar-refractivity contribution is 6.49. The first kappa shape index (κ1) is 12.3. The zero-order valence-electron chi connectivity index (χ0n) is 8.11. The van der Waals surface area contributed by atoms with Crippen LogP contribution in [0.2, 0.25) is 5.02 Å². The Morgan fingerprint density at radius 2 is 1.62 bits per heavy atom. The third kappa shape index (κ3) is 3.44. The lowest BCUT2D eigenvalue weighted by Gasteiger charge is -1.97. The normalized spacial score (nSPS) is 10.1. The molecular weight excluding hydrogens is 243 g/mol.